The summed E-state index contributed by atoms with van der Waals surface area (Å²) in [6.07, 6.45) is 2.18. The number of carboxylic acids is 1. The molecule has 0 radical (unpaired) electrons. The van der Waals surface area contributed by atoms with Crippen molar-refractivity contribution in [2.75, 3.05) is 38.3 Å². The maximum absolute atomic E-state index is 11.7. The molecule has 0 bridgehead atoms. The van der Waals surface area contributed by atoms with Crippen molar-refractivity contribution >= 4 is 23.6 Å². The monoisotopic (exact) mass is 263 g/mol. The zero-order valence-corrected chi connectivity index (χ0v) is 11.3. The Bertz CT molecular complexity index is 236. The quantitative estimate of drug-likeness (QED) is 0.597. The van der Waals surface area contributed by atoms with Crippen molar-refractivity contribution in [3.05, 3.63) is 0 Å². The number of rotatable bonds is 10. The van der Waals surface area contributed by atoms with Gasteiger partial charge in [0.25, 0.3) is 0 Å². The maximum atomic E-state index is 11.7. The van der Waals surface area contributed by atoms with Gasteiger partial charge in [-0.15, -0.1) is 0 Å². The Labute approximate surface area is 107 Å². The number of carboxylic acid groups (broad SMARTS) is 1. The van der Waals surface area contributed by atoms with Gasteiger partial charge in [0.15, 0.2) is 0 Å². The first kappa shape index (κ1) is 16.2. The van der Waals surface area contributed by atoms with Gasteiger partial charge in [-0.2, -0.15) is 11.8 Å². The van der Waals surface area contributed by atoms with Gasteiger partial charge in [0.1, 0.15) is 6.54 Å². The van der Waals surface area contributed by atoms with Crippen molar-refractivity contribution in [2.24, 2.45) is 0 Å². The minimum absolute atomic E-state index is 0.134. The summed E-state index contributed by atoms with van der Waals surface area (Å²) >= 11 is 1.55. The molecule has 0 rings (SSSR count). The summed E-state index contributed by atoms with van der Waals surface area (Å²) in [7, 11) is 1.53. The van der Waals surface area contributed by atoms with Crippen molar-refractivity contribution in [1.29, 1.82) is 0 Å². The molecule has 100 valence electrons. The summed E-state index contributed by atoms with van der Waals surface area (Å²) in [5.74, 6) is 0.156. The van der Waals surface area contributed by atoms with Gasteiger partial charge in [0.05, 0.1) is 12.4 Å². The molecule has 0 saturated heterocycles. The van der Waals surface area contributed by atoms with Gasteiger partial charge < -0.3 is 14.7 Å². The van der Waals surface area contributed by atoms with E-state index in [1.165, 1.54) is 12.0 Å². The Balaban J connectivity index is 3.98. The molecule has 0 aliphatic rings. The number of carbonyl (C=O) groups is 2. The average molecular weight is 263 g/mol. The van der Waals surface area contributed by atoms with Crippen LogP contribution in [0.2, 0.25) is 0 Å². The van der Waals surface area contributed by atoms with Crippen molar-refractivity contribution < 1.29 is 19.4 Å². The van der Waals surface area contributed by atoms with Crippen LogP contribution in [0.15, 0.2) is 0 Å². The molecule has 17 heavy (non-hydrogen) atoms. The zero-order chi connectivity index (χ0) is 13.1. The highest BCUT2D eigenvalue weighted by atomic mass is 32.2. The van der Waals surface area contributed by atoms with Crippen LogP contribution >= 0.6 is 11.8 Å². The highest BCUT2D eigenvalue weighted by molar-refractivity contribution is 7.99. The molecule has 0 aromatic rings. The van der Waals surface area contributed by atoms with E-state index in [1.54, 1.807) is 11.8 Å². The van der Waals surface area contributed by atoms with Crippen LogP contribution < -0.4 is 0 Å². The van der Waals surface area contributed by atoms with Crippen molar-refractivity contribution in [3.8, 4) is 0 Å². The molecule has 0 unspecified atom stereocenters. The van der Waals surface area contributed by atoms with E-state index in [0.29, 0.717) is 18.9 Å². The number of ether oxygens (including phenoxy) is 1. The minimum Gasteiger partial charge on any atom is -0.480 e. The fraction of sp³-hybridized carbons (Fsp3) is 0.818. The van der Waals surface area contributed by atoms with Crippen LogP contribution in [-0.4, -0.2) is 60.2 Å². The molecule has 6 heteroatoms. The fourth-order valence-corrected chi connectivity index (χ4v) is 2.15. The first-order chi connectivity index (χ1) is 8.11. The van der Waals surface area contributed by atoms with Gasteiger partial charge in [-0.1, -0.05) is 13.3 Å². The van der Waals surface area contributed by atoms with E-state index >= 15 is 0 Å². The second kappa shape index (κ2) is 10.4. The molecule has 0 spiro atoms. The highest BCUT2D eigenvalue weighted by Crippen LogP contribution is 2.06. The molecule has 0 fully saturated rings. The van der Waals surface area contributed by atoms with Crippen LogP contribution in [0, 0.1) is 0 Å². The number of hydrogen-bond donors (Lipinski definition) is 1. The second-order valence-electron chi connectivity index (χ2n) is 3.61. The molecule has 0 heterocycles. The Morgan fingerprint density at radius 2 is 2.12 bits per heavy atom. The lowest BCUT2D eigenvalue weighted by Gasteiger charge is -2.20. The molecule has 0 saturated carbocycles. The van der Waals surface area contributed by atoms with Crippen molar-refractivity contribution in [1.82, 2.24) is 4.90 Å². The Morgan fingerprint density at radius 3 is 2.65 bits per heavy atom. The Morgan fingerprint density at radius 1 is 1.41 bits per heavy atom. The van der Waals surface area contributed by atoms with E-state index in [9.17, 15) is 9.59 Å². The van der Waals surface area contributed by atoms with Crippen molar-refractivity contribution in [3.63, 3.8) is 0 Å². The molecule has 1 N–H and O–H groups in total. The smallest absolute Gasteiger partial charge is 0.323 e. The van der Waals surface area contributed by atoms with E-state index in [-0.39, 0.29) is 12.5 Å². The summed E-state index contributed by atoms with van der Waals surface area (Å²) < 4.78 is 4.85. The number of unbranched alkanes of at least 4 members (excludes halogenated alkanes) is 1. The topological polar surface area (TPSA) is 66.8 Å². The van der Waals surface area contributed by atoms with Gasteiger partial charge in [0.2, 0.25) is 5.91 Å². The van der Waals surface area contributed by atoms with E-state index in [2.05, 4.69) is 6.92 Å². The Kier molecular flexibility index (Phi) is 9.95. The molecule has 1 amide bonds. The molecule has 0 aromatic carbocycles. The molecular formula is C11H21NO4S. The van der Waals surface area contributed by atoms with Crippen LogP contribution in [0.1, 0.15) is 19.8 Å². The van der Waals surface area contributed by atoms with E-state index < -0.39 is 5.97 Å². The minimum atomic E-state index is -0.993. The van der Waals surface area contributed by atoms with Gasteiger partial charge in [-0.3, -0.25) is 9.59 Å². The molecule has 0 atom stereocenters. The third kappa shape index (κ3) is 9.00. The summed E-state index contributed by atoms with van der Waals surface area (Å²) in [5, 5.41) is 8.70. The van der Waals surface area contributed by atoms with E-state index in [4.69, 9.17) is 9.84 Å². The number of thioether (sulfide) groups is 1. The summed E-state index contributed by atoms with van der Waals surface area (Å²) in [6.45, 7) is 2.53. The lowest BCUT2D eigenvalue weighted by atomic mass is 10.4. The first-order valence-corrected chi connectivity index (χ1v) is 6.83. The van der Waals surface area contributed by atoms with E-state index in [0.717, 1.165) is 18.6 Å². The molecule has 0 aliphatic carbocycles. The fourth-order valence-electron chi connectivity index (χ4n) is 1.15. The SMILES string of the molecule is CCCCSCC(=O)N(CCOC)CC(=O)O. The Hall–Kier alpha value is -0.750. The lowest BCUT2D eigenvalue weighted by molar-refractivity contribution is -0.143. The lowest BCUT2D eigenvalue weighted by Crippen LogP contribution is -2.39. The van der Waals surface area contributed by atoms with Crippen molar-refractivity contribution in [2.45, 2.75) is 19.8 Å². The normalized spacial score (nSPS) is 10.2. The average Bonchev–Trinajstić information content (AvgIpc) is 2.29. The standard InChI is InChI=1S/C11H21NO4S/c1-3-4-7-17-9-10(13)12(5-6-16-2)8-11(14)15/h3-9H2,1-2H3,(H,14,15). The summed E-state index contributed by atoms with van der Waals surface area (Å²) in [5.41, 5.74) is 0. The number of amides is 1. The number of methoxy groups -OCH3 is 1. The molecule has 5 nitrogen and oxygen atoms in total. The number of hydrogen-bond acceptors (Lipinski definition) is 4. The summed E-state index contributed by atoms with van der Waals surface area (Å²) in [4.78, 5) is 23.7. The predicted molar refractivity (Wildman–Crippen MR) is 68.3 cm³/mol. The molecule has 0 aromatic heterocycles. The van der Waals surface area contributed by atoms with Gasteiger partial charge in [-0.25, -0.2) is 0 Å². The van der Waals surface area contributed by atoms with Crippen LogP contribution in [-0.2, 0) is 14.3 Å². The molecule has 0 aliphatic heterocycles. The number of nitrogens with zero attached hydrogens (tertiary/aromatic N) is 1. The first-order valence-electron chi connectivity index (χ1n) is 5.68. The second-order valence-corrected chi connectivity index (χ2v) is 4.71. The summed E-state index contributed by atoms with van der Waals surface area (Å²) in [6, 6.07) is 0. The third-order valence-electron chi connectivity index (χ3n) is 2.11. The van der Waals surface area contributed by atoms with Gasteiger partial charge >= 0.3 is 5.97 Å². The van der Waals surface area contributed by atoms with Crippen LogP contribution in [0.5, 0.6) is 0 Å². The van der Waals surface area contributed by atoms with Crippen LogP contribution in [0.3, 0.4) is 0 Å². The van der Waals surface area contributed by atoms with Crippen LogP contribution in [0.25, 0.3) is 0 Å². The van der Waals surface area contributed by atoms with Gasteiger partial charge in [0, 0.05) is 13.7 Å². The largest absolute Gasteiger partial charge is 0.480 e. The molecular weight excluding hydrogens is 242 g/mol. The number of aliphatic carboxylic acids is 1. The van der Waals surface area contributed by atoms with Gasteiger partial charge in [-0.05, 0) is 12.2 Å². The zero-order valence-electron chi connectivity index (χ0n) is 10.5. The highest BCUT2D eigenvalue weighted by Gasteiger charge is 2.15. The maximum Gasteiger partial charge on any atom is 0.323 e. The van der Waals surface area contributed by atoms with E-state index in [1.807, 2.05) is 0 Å². The van der Waals surface area contributed by atoms with Crippen LogP contribution in [0.4, 0.5) is 0 Å². The predicted octanol–water partition coefficient (Wildman–Crippen LogP) is 1.08. The number of carbonyl (C=O) groups excluding carboxylic acids is 1. The third-order valence-corrected chi connectivity index (χ3v) is 3.14.